The second-order valence-corrected chi connectivity index (χ2v) is 8.44. The van der Waals surface area contributed by atoms with Crippen molar-refractivity contribution in [1.29, 1.82) is 0 Å². The van der Waals surface area contributed by atoms with E-state index in [0.717, 1.165) is 44.6 Å². The van der Waals surface area contributed by atoms with E-state index in [1.165, 1.54) is 0 Å². The predicted molar refractivity (Wildman–Crippen MR) is 92.2 cm³/mol. The van der Waals surface area contributed by atoms with Gasteiger partial charge in [-0.25, -0.2) is 13.1 Å². The molecule has 1 saturated heterocycles. The Hall–Kier alpha value is -1.44. The highest BCUT2D eigenvalue weighted by atomic mass is 32.2. The number of hydrogen-bond acceptors (Lipinski definition) is 4. The molecule has 1 saturated carbocycles. The van der Waals surface area contributed by atoms with Crippen molar-refractivity contribution in [2.45, 2.75) is 36.6 Å². The van der Waals surface area contributed by atoms with Crippen LogP contribution < -0.4 is 4.72 Å². The molecule has 1 N–H and O–H groups in total. The van der Waals surface area contributed by atoms with E-state index >= 15 is 0 Å². The summed E-state index contributed by atoms with van der Waals surface area (Å²) in [4.78, 5) is 16.7. The minimum Gasteiger partial charge on any atom is -0.340 e. The van der Waals surface area contributed by atoms with Gasteiger partial charge in [0.15, 0.2) is 0 Å². The topological polar surface area (TPSA) is 69.7 Å². The molecule has 1 aliphatic heterocycles. The maximum Gasteiger partial charge on any atom is 0.240 e. The van der Waals surface area contributed by atoms with E-state index in [-0.39, 0.29) is 11.9 Å². The van der Waals surface area contributed by atoms with Gasteiger partial charge in [-0.15, -0.1) is 0 Å². The number of amides is 1. The number of carbonyl (C=O) groups is 1. The molecule has 1 aromatic carbocycles. The van der Waals surface area contributed by atoms with Gasteiger partial charge in [0, 0.05) is 38.6 Å². The van der Waals surface area contributed by atoms with Crippen LogP contribution in [0, 0.1) is 0 Å². The fourth-order valence-electron chi connectivity index (χ4n) is 2.79. The molecule has 2 fully saturated rings. The predicted octanol–water partition coefficient (Wildman–Crippen LogP) is 0.834. The number of hydrogen-bond donors (Lipinski definition) is 1. The lowest BCUT2D eigenvalue weighted by Crippen LogP contribution is -2.47. The smallest absolute Gasteiger partial charge is 0.240 e. The zero-order chi connectivity index (χ0) is 17.2. The molecule has 1 heterocycles. The van der Waals surface area contributed by atoms with Gasteiger partial charge in [-0.05, 0) is 44.0 Å². The minimum absolute atomic E-state index is 0.107. The van der Waals surface area contributed by atoms with E-state index in [9.17, 15) is 13.2 Å². The number of nitrogens with one attached hydrogen (secondary N) is 1. The van der Waals surface area contributed by atoms with E-state index in [2.05, 4.69) is 16.7 Å². The Kier molecular flexibility index (Phi) is 5.22. The van der Waals surface area contributed by atoms with Crippen molar-refractivity contribution < 1.29 is 13.2 Å². The number of nitrogens with zero attached hydrogens (tertiary/aromatic N) is 2. The number of sulfonamides is 1. The summed E-state index contributed by atoms with van der Waals surface area (Å²) in [5.41, 5.74) is 0.989. The van der Waals surface area contributed by atoms with Crippen LogP contribution in [0.4, 0.5) is 0 Å². The van der Waals surface area contributed by atoms with Crippen molar-refractivity contribution >= 4 is 15.9 Å². The molecule has 0 unspecified atom stereocenters. The minimum atomic E-state index is -3.40. The third-order valence-corrected chi connectivity index (χ3v) is 6.15. The van der Waals surface area contributed by atoms with Gasteiger partial charge in [0.1, 0.15) is 0 Å². The summed E-state index contributed by atoms with van der Waals surface area (Å²) < 4.78 is 26.9. The second kappa shape index (κ2) is 7.21. The fourth-order valence-corrected chi connectivity index (χ4v) is 4.09. The van der Waals surface area contributed by atoms with Crippen molar-refractivity contribution in [2.24, 2.45) is 0 Å². The summed E-state index contributed by atoms with van der Waals surface area (Å²) in [6, 6.07) is 6.97. The summed E-state index contributed by atoms with van der Waals surface area (Å²) in [7, 11) is -1.33. The average Bonchev–Trinajstić information content (AvgIpc) is 3.37. The molecule has 132 valence electrons. The average molecular weight is 351 g/mol. The molecule has 0 spiro atoms. The van der Waals surface area contributed by atoms with Gasteiger partial charge < -0.3 is 9.80 Å². The zero-order valence-electron chi connectivity index (χ0n) is 14.1. The molecule has 0 radical (unpaired) electrons. The summed E-state index contributed by atoms with van der Waals surface area (Å²) >= 11 is 0. The normalized spacial score (nSPS) is 19.5. The third-order valence-electron chi connectivity index (χ3n) is 4.62. The van der Waals surface area contributed by atoms with Crippen LogP contribution in [0.5, 0.6) is 0 Å². The molecular weight excluding hydrogens is 326 g/mol. The Morgan fingerprint density at radius 1 is 1.12 bits per heavy atom. The Morgan fingerprint density at radius 3 is 2.33 bits per heavy atom. The summed E-state index contributed by atoms with van der Waals surface area (Å²) in [6.45, 7) is 3.43. The lowest BCUT2D eigenvalue weighted by Gasteiger charge is -2.32. The molecule has 0 aromatic heterocycles. The number of aryl methyl sites for hydroxylation is 1. The van der Waals surface area contributed by atoms with Gasteiger partial charge in [0.25, 0.3) is 0 Å². The first kappa shape index (κ1) is 17.4. The van der Waals surface area contributed by atoms with Crippen LogP contribution in [0.15, 0.2) is 29.2 Å². The molecule has 0 atom stereocenters. The maximum absolute atomic E-state index is 12.2. The quantitative estimate of drug-likeness (QED) is 0.824. The Balaban J connectivity index is 1.51. The van der Waals surface area contributed by atoms with E-state index in [1.54, 1.807) is 24.3 Å². The Labute approximate surface area is 143 Å². The highest BCUT2D eigenvalue weighted by Crippen LogP contribution is 2.22. The highest BCUT2D eigenvalue weighted by Gasteiger charge is 2.27. The van der Waals surface area contributed by atoms with Gasteiger partial charge in [-0.1, -0.05) is 12.1 Å². The zero-order valence-corrected chi connectivity index (χ0v) is 14.9. The molecule has 24 heavy (non-hydrogen) atoms. The van der Waals surface area contributed by atoms with Crippen molar-refractivity contribution in [3.05, 3.63) is 29.8 Å². The number of benzene rings is 1. The highest BCUT2D eigenvalue weighted by molar-refractivity contribution is 7.89. The van der Waals surface area contributed by atoms with E-state index < -0.39 is 10.0 Å². The molecule has 2 aliphatic rings. The lowest BCUT2D eigenvalue weighted by molar-refractivity contribution is -0.132. The van der Waals surface area contributed by atoms with E-state index in [4.69, 9.17) is 0 Å². The summed E-state index contributed by atoms with van der Waals surface area (Å²) in [6.07, 6.45) is 2.95. The van der Waals surface area contributed by atoms with Crippen LogP contribution in [0.25, 0.3) is 0 Å². The number of rotatable bonds is 6. The van der Waals surface area contributed by atoms with Crippen LogP contribution in [0.3, 0.4) is 0 Å². The van der Waals surface area contributed by atoms with Gasteiger partial charge in [-0.3, -0.25) is 4.79 Å². The first-order chi connectivity index (χ1) is 11.4. The summed E-state index contributed by atoms with van der Waals surface area (Å²) in [5.74, 6) is 0.176. The first-order valence-corrected chi connectivity index (χ1v) is 10.00. The van der Waals surface area contributed by atoms with Gasteiger partial charge >= 0.3 is 0 Å². The standard InChI is InChI=1S/C17H25N3O3S/c1-19-10-12-20(13-11-19)17(21)9-4-14-2-7-16(8-3-14)24(22,23)18-15-5-6-15/h2-3,7-8,15,18H,4-6,9-13H2,1H3. The number of piperazine rings is 1. The molecule has 1 aromatic rings. The molecule has 3 rings (SSSR count). The number of carbonyl (C=O) groups excluding carboxylic acids is 1. The lowest BCUT2D eigenvalue weighted by atomic mass is 10.1. The van der Waals surface area contributed by atoms with Crippen molar-refractivity contribution in [1.82, 2.24) is 14.5 Å². The number of likely N-dealkylation sites (N-methyl/N-ethyl adjacent to an activating group) is 1. The molecule has 1 aliphatic carbocycles. The van der Waals surface area contributed by atoms with Gasteiger partial charge in [0.2, 0.25) is 15.9 Å². The van der Waals surface area contributed by atoms with Gasteiger partial charge in [-0.2, -0.15) is 0 Å². The third kappa shape index (κ3) is 4.55. The van der Waals surface area contributed by atoms with E-state index in [0.29, 0.717) is 17.7 Å². The largest absolute Gasteiger partial charge is 0.340 e. The molecule has 1 amide bonds. The van der Waals surface area contributed by atoms with Gasteiger partial charge in [0.05, 0.1) is 4.90 Å². The monoisotopic (exact) mass is 351 g/mol. The van der Waals surface area contributed by atoms with Crippen molar-refractivity contribution in [2.75, 3.05) is 33.2 Å². The summed E-state index contributed by atoms with van der Waals surface area (Å²) in [5, 5.41) is 0. The van der Waals surface area contributed by atoms with Crippen molar-refractivity contribution in [3.8, 4) is 0 Å². The van der Waals surface area contributed by atoms with Crippen LogP contribution in [-0.4, -0.2) is 63.4 Å². The Morgan fingerprint density at radius 2 is 1.75 bits per heavy atom. The van der Waals surface area contributed by atoms with Crippen molar-refractivity contribution in [3.63, 3.8) is 0 Å². The molecule has 7 heteroatoms. The molecule has 6 nitrogen and oxygen atoms in total. The second-order valence-electron chi connectivity index (χ2n) is 6.72. The van der Waals surface area contributed by atoms with E-state index in [1.807, 2.05) is 4.90 Å². The fraction of sp³-hybridized carbons (Fsp3) is 0.588. The van der Waals surface area contributed by atoms with Crippen LogP contribution in [0.1, 0.15) is 24.8 Å². The first-order valence-electron chi connectivity index (χ1n) is 8.52. The van der Waals surface area contributed by atoms with Crippen LogP contribution in [-0.2, 0) is 21.2 Å². The molecular formula is C17H25N3O3S. The molecule has 0 bridgehead atoms. The SMILES string of the molecule is CN1CCN(C(=O)CCc2ccc(S(=O)(=O)NC3CC3)cc2)CC1. The Bertz CT molecular complexity index is 676. The van der Waals surface area contributed by atoms with Crippen LogP contribution in [0.2, 0.25) is 0 Å². The maximum atomic E-state index is 12.2. The van der Waals surface area contributed by atoms with Crippen LogP contribution >= 0.6 is 0 Å².